The van der Waals surface area contributed by atoms with Gasteiger partial charge in [0, 0.05) is 23.0 Å². The summed E-state index contributed by atoms with van der Waals surface area (Å²) in [4.78, 5) is 12.0. The lowest BCUT2D eigenvalue weighted by molar-refractivity contribution is -0.122. The number of carbonyl (C=O) groups excluding carboxylic acids is 1. The molecule has 92 valence electrons. The molecule has 3 heteroatoms. The second-order valence-corrected chi connectivity index (χ2v) is 4.94. The van der Waals surface area contributed by atoms with Gasteiger partial charge in [-0.2, -0.15) is 0 Å². The standard InChI is InChI=1S/C15H16N2O/c16-12-8-11(9-12)15(18)17-14-7-3-5-10-4-1-2-6-13(10)14/h1-7,11-12H,8-9,16H2,(H,17,18). The Labute approximate surface area is 106 Å². The molecule has 2 aromatic rings. The molecule has 3 rings (SSSR count). The van der Waals surface area contributed by atoms with Gasteiger partial charge in [0.05, 0.1) is 0 Å². The maximum Gasteiger partial charge on any atom is 0.227 e. The predicted octanol–water partition coefficient (Wildman–Crippen LogP) is 2.52. The minimum atomic E-state index is 0.0824. The van der Waals surface area contributed by atoms with E-state index in [4.69, 9.17) is 5.73 Å². The molecular weight excluding hydrogens is 224 g/mol. The van der Waals surface area contributed by atoms with Gasteiger partial charge in [-0.3, -0.25) is 4.79 Å². The molecule has 1 fully saturated rings. The van der Waals surface area contributed by atoms with Crippen molar-refractivity contribution in [1.29, 1.82) is 0 Å². The summed E-state index contributed by atoms with van der Waals surface area (Å²) < 4.78 is 0. The van der Waals surface area contributed by atoms with E-state index in [-0.39, 0.29) is 17.9 Å². The van der Waals surface area contributed by atoms with Crippen molar-refractivity contribution in [3.8, 4) is 0 Å². The molecular formula is C15H16N2O. The van der Waals surface area contributed by atoms with Crippen molar-refractivity contribution < 1.29 is 4.79 Å². The summed E-state index contributed by atoms with van der Waals surface area (Å²) in [5.41, 5.74) is 6.60. The number of hydrogen-bond donors (Lipinski definition) is 2. The summed E-state index contributed by atoms with van der Waals surface area (Å²) in [6.07, 6.45) is 1.60. The Balaban J connectivity index is 1.84. The van der Waals surface area contributed by atoms with E-state index in [1.807, 2.05) is 42.5 Å². The van der Waals surface area contributed by atoms with Gasteiger partial charge >= 0.3 is 0 Å². The highest BCUT2D eigenvalue weighted by Crippen LogP contribution is 2.29. The zero-order valence-corrected chi connectivity index (χ0v) is 10.1. The molecule has 0 radical (unpaired) electrons. The van der Waals surface area contributed by atoms with Crippen LogP contribution in [0.15, 0.2) is 42.5 Å². The Morgan fingerprint density at radius 2 is 1.83 bits per heavy atom. The highest BCUT2D eigenvalue weighted by Gasteiger charge is 2.32. The van der Waals surface area contributed by atoms with Crippen LogP contribution in [0.3, 0.4) is 0 Å². The Hall–Kier alpha value is -1.87. The molecule has 0 aromatic heterocycles. The topological polar surface area (TPSA) is 55.1 Å². The van der Waals surface area contributed by atoms with Crippen molar-refractivity contribution >= 4 is 22.4 Å². The number of anilines is 1. The Morgan fingerprint density at radius 1 is 1.11 bits per heavy atom. The number of fused-ring (bicyclic) bond motifs is 1. The van der Waals surface area contributed by atoms with Crippen molar-refractivity contribution in [2.75, 3.05) is 5.32 Å². The van der Waals surface area contributed by atoms with Crippen LogP contribution in [0.25, 0.3) is 10.8 Å². The lowest BCUT2D eigenvalue weighted by atomic mass is 9.80. The SMILES string of the molecule is NC1CC(C(=O)Nc2cccc3ccccc23)C1. The van der Waals surface area contributed by atoms with E-state index in [9.17, 15) is 4.79 Å². The fraction of sp³-hybridized carbons (Fsp3) is 0.267. The number of rotatable bonds is 2. The first-order chi connectivity index (χ1) is 8.74. The molecule has 0 spiro atoms. The van der Waals surface area contributed by atoms with Gasteiger partial charge in [0.1, 0.15) is 0 Å². The van der Waals surface area contributed by atoms with Gasteiger partial charge in [0.25, 0.3) is 0 Å². The fourth-order valence-electron chi connectivity index (χ4n) is 2.45. The van der Waals surface area contributed by atoms with E-state index in [0.717, 1.165) is 29.3 Å². The van der Waals surface area contributed by atoms with Crippen LogP contribution in [0.2, 0.25) is 0 Å². The van der Waals surface area contributed by atoms with Crippen LogP contribution in [0, 0.1) is 5.92 Å². The van der Waals surface area contributed by atoms with Crippen molar-refractivity contribution in [3.63, 3.8) is 0 Å². The summed E-state index contributed by atoms with van der Waals surface area (Å²) in [5, 5.41) is 5.23. The average molecular weight is 240 g/mol. The van der Waals surface area contributed by atoms with Crippen LogP contribution in [0.5, 0.6) is 0 Å². The van der Waals surface area contributed by atoms with E-state index in [1.165, 1.54) is 0 Å². The van der Waals surface area contributed by atoms with E-state index >= 15 is 0 Å². The van der Waals surface area contributed by atoms with Crippen molar-refractivity contribution in [3.05, 3.63) is 42.5 Å². The van der Waals surface area contributed by atoms with Crippen LogP contribution in [0.4, 0.5) is 5.69 Å². The molecule has 1 aliphatic rings. The van der Waals surface area contributed by atoms with Gasteiger partial charge in [-0.1, -0.05) is 36.4 Å². The number of nitrogens with one attached hydrogen (secondary N) is 1. The van der Waals surface area contributed by atoms with Gasteiger partial charge in [-0.05, 0) is 24.3 Å². The number of carbonyl (C=O) groups is 1. The Bertz CT molecular complexity index is 583. The third kappa shape index (κ3) is 1.97. The largest absolute Gasteiger partial charge is 0.328 e. The molecule has 2 aromatic carbocycles. The molecule has 0 heterocycles. The number of hydrogen-bond acceptors (Lipinski definition) is 2. The zero-order chi connectivity index (χ0) is 12.5. The molecule has 1 aliphatic carbocycles. The minimum Gasteiger partial charge on any atom is -0.328 e. The van der Waals surface area contributed by atoms with Crippen molar-refractivity contribution in [2.24, 2.45) is 11.7 Å². The van der Waals surface area contributed by atoms with E-state index in [0.29, 0.717) is 0 Å². The van der Waals surface area contributed by atoms with Gasteiger partial charge in [0.2, 0.25) is 5.91 Å². The van der Waals surface area contributed by atoms with Crippen molar-refractivity contribution in [2.45, 2.75) is 18.9 Å². The van der Waals surface area contributed by atoms with Crippen LogP contribution in [0.1, 0.15) is 12.8 Å². The first-order valence-corrected chi connectivity index (χ1v) is 6.28. The lowest BCUT2D eigenvalue weighted by Crippen LogP contribution is -2.42. The summed E-state index contributed by atoms with van der Waals surface area (Å²) in [6, 6.07) is 14.2. The Morgan fingerprint density at radius 3 is 2.61 bits per heavy atom. The highest BCUT2D eigenvalue weighted by atomic mass is 16.1. The van der Waals surface area contributed by atoms with Crippen LogP contribution >= 0.6 is 0 Å². The normalized spacial score (nSPS) is 22.5. The van der Waals surface area contributed by atoms with Crippen LogP contribution < -0.4 is 11.1 Å². The number of nitrogens with two attached hydrogens (primary N) is 1. The number of amides is 1. The summed E-state index contributed by atoms with van der Waals surface area (Å²) >= 11 is 0. The molecule has 0 aliphatic heterocycles. The highest BCUT2D eigenvalue weighted by molar-refractivity contribution is 6.03. The number of benzene rings is 2. The average Bonchev–Trinajstić information content (AvgIpc) is 2.35. The van der Waals surface area contributed by atoms with Gasteiger partial charge in [0.15, 0.2) is 0 Å². The summed E-state index contributed by atoms with van der Waals surface area (Å²) in [6.45, 7) is 0. The first-order valence-electron chi connectivity index (χ1n) is 6.28. The predicted molar refractivity (Wildman–Crippen MR) is 73.3 cm³/mol. The molecule has 0 saturated heterocycles. The molecule has 1 saturated carbocycles. The van der Waals surface area contributed by atoms with E-state index < -0.39 is 0 Å². The summed E-state index contributed by atoms with van der Waals surface area (Å²) in [7, 11) is 0. The van der Waals surface area contributed by atoms with Crippen molar-refractivity contribution in [1.82, 2.24) is 0 Å². The monoisotopic (exact) mass is 240 g/mol. The summed E-state index contributed by atoms with van der Waals surface area (Å²) in [5.74, 6) is 0.173. The molecule has 3 N–H and O–H groups in total. The second kappa shape index (κ2) is 4.42. The molecule has 0 unspecified atom stereocenters. The van der Waals surface area contributed by atoms with Gasteiger partial charge in [-0.15, -0.1) is 0 Å². The zero-order valence-electron chi connectivity index (χ0n) is 10.1. The minimum absolute atomic E-state index is 0.0824. The van der Waals surface area contributed by atoms with E-state index in [2.05, 4.69) is 5.32 Å². The maximum absolute atomic E-state index is 12.0. The molecule has 18 heavy (non-hydrogen) atoms. The second-order valence-electron chi connectivity index (χ2n) is 4.94. The van der Waals surface area contributed by atoms with Gasteiger partial charge in [-0.25, -0.2) is 0 Å². The quantitative estimate of drug-likeness (QED) is 0.847. The molecule has 0 atom stereocenters. The van der Waals surface area contributed by atoms with Crippen LogP contribution in [-0.2, 0) is 4.79 Å². The fourth-order valence-corrected chi connectivity index (χ4v) is 2.45. The Kier molecular flexibility index (Phi) is 2.76. The van der Waals surface area contributed by atoms with Crippen LogP contribution in [-0.4, -0.2) is 11.9 Å². The molecule has 3 nitrogen and oxygen atoms in total. The molecule has 1 amide bonds. The maximum atomic E-state index is 12.0. The third-order valence-electron chi connectivity index (χ3n) is 3.59. The lowest BCUT2D eigenvalue weighted by Gasteiger charge is -2.31. The van der Waals surface area contributed by atoms with Gasteiger partial charge < -0.3 is 11.1 Å². The third-order valence-corrected chi connectivity index (χ3v) is 3.59. The van der Waals surface area contributed by atoms with E-state index in [1.54, 1.807) is 0 Å². The first kappa shape index (κ1) is 11.2. The smallest absolute Gasteiger partial charge is 0.227 e. The molecule has 0 bridgehead atoms.